The van der Waals surface area contributed by atoms with Gasteiger partial charge in [-0.15, -0.1) is 0 Å². The molecule has 1 N–H and O–H groups in total. The van der Waals surface area contributed by atoms with E-state index in [1.165, 1.54) is 23.2 Å². The average molecular weight is 608 g/mol. The zero-order valence-corrected chi connectivity index (χ0v) is 25.6. The van der Waals surface area contributed by atoms with E-state index in [1.807, 2.05) is 12.3 Å². The van der Waals surface area contributed by atoms with Gasteiger partial charge in [0.25, 0.3) is 5.91 Å². The summed E-state index contributed by atoms with van der Waals surface area (Å²) in [6.45, 7) is 11.7. The molecule has 0 saturated carbocycles. The fraction of sp³-hybridized carbons (Fsp3) is 0.562. The van der Waals surface area contributed by atoms with E-state index in [9.17, 15) is 4.79 Å². The van der Waals surface area contributed by atoms with Crippen molar-refractivity contribution in [3.05, 3.63) is 63.9 Å². The molecule has 1 amide bonds. The molecule has 0 unspecified atom stereocenters. The Kier molecular flexibility index (Phi) is 8.58. The minimum Gasteiger partial charge on any atom is -0.339 e. The molecule has 0 radical (unpaired) electrons. The van der Waals surface area contributed by atoms with E-state index >= 15 is 0 Å². The van der Waals surface area contributed by atoms with Crippen LogP contribution in [0, 0.1) is 5.92 Å². The molecule has 5 heterocycles. The van der Waals surface area contributed by atoms with Gasteiger partial charge in [0.1, 0.15) is 5.65 Å². The lowest BCUT2D eigenvalue weighted by Crippen LogP contribution is -2.52. The van der Waals surface area contributed by atoms with Gasteiger partial charge in [-0.2, -0.15) is 0 Å². The summed E-state index contributed by atoms with van der Waals surface area (Å²) in [6, 6.07) is 13.4. The number of pyridine rings is 1. The van der Waals surface area contributed by atoms with Crippen molar-refractivity contribution < 1.29 is 4.79 Å². The van der Waals surface area contributed by atoms with Crippen LogP contribution < -0.4 is 5.32 Å². The van der Waals surface area contributed by atoms with Gasteiger partial charge in [-0.25, -0.2) is 4.98 Å². The maximum atomic E-state index is 13.3. The van der Waals surface area contributed by atoms with Crippen LogP contribution in [0.1, 0.15) is 60.1 Å². The molecule has 40 heavy (non-hydrogen) atoms. The number of halogens is 1. The summed E-state index contributed by atoms with van der Waals surface area (Å²) in [5.41, 5.74) is 4.55. The Labute approximate surface area is 247 Å². The molecule has 8 heteroatoms. The molecule has 0 bridgehead atoms. The molecule has 0 aliphatic carbocycles. The summed E-state index contributed by atoms with van der Waals surface area (Å²) >= 11 is 3.67. The zero-order chi connectivity index (χ0) is 27.6. The van der Waals surface area contributed by atoms with Crippen LogP contribution in [0.25, 0.3) is 11.0 Å². The smallest absolute Gasteiger partial charge is 0.253 e. The molecule has 214 valence electrons. The number of aromatic nitrogens is 2. The van der Waals surface area contributed by atoms with Crippen LogP contribution in [-0.2, 0) is 13.6 Å². The van der Waals surface area contributed by atoms with Gasteiger partial charge in [-0.1, -0.05) is 12.1 Å². The van der Waals surface area contributed by atoms with E-state index in [1.54, 1.807) is 0 Å². The maximum absolute atomic E-state index is 13.3. The van der Waals surface area contributed by atoms with Crippen LogP contribution in [0.3, 0.4) is 0 Å². The Morgan fingerprint density at radius 2 is 1.77 bits per heavy atom. The van der Waals surface area contributed by atoms with Gasteiger partial charge < -0.3 is 14.8 Å². The van der Waals surface area contributed by atoms with Crippen molar-refractivity contribution in [3.63, 3.8) is 0 Å². The van der Waals surface area contributed by atoms with Gasteiger partial charge in [0.2, 0.25) is 0 Å². The lowest BCUT2D eigenvalue weighted by Gasteiger charge is -2.39. The molecule has 2 aromatic heterocycles. The van der Waals surface area contributed by atoms with Crippen LogP contribution in [0.2, 0.25) is 0 Å². The number of hydrogen-bond acceptors (Lipinski definition) is 5. The van der Waals surface area contributed by atoms with Crippen molar-refractivity contribution in [2.24, 2.45) is 13.0 Å². The number of rotatable bonds is 6. The SMILES string of the molecule is C[C@@H]1CNCCN1CC1CCN(C(=O)c2ccc(C3CCN(Cc4cc5c(Br)ccnc5n4C)CC3)cc2)CC1. The summed E-state index contributed by atoms with van der Waals surface area (Å²) < 4.78 is 3.32. The lowest BCUT2D eigenvalue weighted by atomic mass is 9.88. The number of carbonyl (C=O) groups is 1. The third kappa shape index (κ3) is 6.01. The average Bonchev–Trinajstić information content (AvgIpc) is 3.31. The predicted molar refractivity (Wildman–Crippen MR) is 165 cm³/mol. The first-order valence-electron chi connectivity index (χ1n) is 15.1. The van der Waals surface area contributed by atoms with Crippen molar-refractivity contribution in [3.8, 4) is 0 Å². The van der Waals surface area contributed by atoms with Crippen LogP contribution in [0.15, 0.2) is 47.1 Å². The van der Waals surface area contributed by atoms with E-state index in [0.717, 1.165) is 93.7 Å². The number of benzene rings is 1. The molecule has 3 aliphatic heterocycles. The molecular formula is C32H43BrN6O. The number of aryl methyl sites for hydroxylation is 1. The van der Waals surface area contributed by atoms with Crippen molar-refractivity contribution in [1.82, 2.24) is 29.6 Å². The number of piperazine rings is 1. The van der Waals surface area contributed by atoms with E-state index < -0.39 is 0 Å². The van der Waals surface area contributed by atoms with Crippen LogP contribution in [-0.4, -0.2) is 88.6 Å². The number of nitrogens with one attached hydrogen (secondary N) is 1. The van der Waals surface area contributed by atoms with Gasteiger partial charge in [-0.05, 0) is 103 Å². The number of carbonyl (C=O) groups excluding carboxylic acids is 1. The van der Waals surface area contributed by atoms with Crippen LogP contribution in [0.5, 0.6) is 0 Å². The summed E-state index contributed by atoms with van der Waals surface area (Å²) in [4.78, 5) is 25.1. The number of nitrogens with zero attached hydrogens (tertiary/aromatic N) is 5. The minimum atomic E-state index is 0.200. The molecule has 0 spiro atoms. The van der Waals surface area contributed by atoms with Crippen molar-refractivity contribution in [1.29, 1.82) is 0 Å². The number of likely N-dealkylation sites (tertiary alicyclic amines) is 2. The van der Waals surface area contributed by atoms with Crippen LogP contribution in [0.4, 0.5) is 0 Å². The molecular weight excluding hydrogens is 564 g/mol. The monoisotopic (exact) mass is 606 g/mol. The van der Waals surface area contributed by atoms with E-state index in [-0.39, 0.29) is 5.91 Å². The normalized spacial score (nSPS) is 22.3. The van der Waals surface area contributed by atoms with Gasteiger partial charge in [0.05, 0.1) is 0 Å². The Bertz CT molecular complexity index is 1310. The Balaban J connectivity index is 0.983. The molecule has 3 aliphatic rings. The molecule has 7 nitrogen and oxygen atoms in total. The standard InChI is InChI=1S/C32H43BrN6O/c1-23-20-34-13-18-39(23)21-24-8-16-38(17-9-24)32(40)27-5-3-25(4-6-27)26-10-14-37(15-11-26)22-28-19-29-30(33)7-12-35-31(29)36(28)2/h3-7,12,19,23-24,26,34H,8-11,13-18,20-22H2,1-2H3/t23-/m1/s1. The molecule has 1 aromatic carbocycles. The van der Waals surface area contributed by atoms with Gasteiger partial charge in [0, 0.05) is 86.2 Å². The van der Waals surface area contributed by atoms with E-state index in [4.69, 9.17) is 0 Å². The highest BCUT2D eigenvalue weighted by molar-refractivity contribution is 9.10. The Morgan fingerprint density at radius 3 is 2.48 bits per heavy atom. The highest BCUT2D eigenvalue weighted by Gasteiger charge is 2.28. The second kappa shape index (κ2) is 12.3. The van der Waals surface area contributed by atoms with Gasteiger partial charge >= 0.3 is 0 Å². The third-order valence-electron chi connectivity index (χ3n) is 9.61. The van der Waals surface area contributed by atoms with Crippen LogP contribution >= 0.6 is 15.9 Å². The highest BCUT2D eigenvalue weighted by Crippen LogP contribution is 2.31. The fourth-order valence-corrected chi connectivity index (χ4v) is 7.34. The van der Waals surface area contributed by atoms with Gasteiger partial charge in [0.15, 0.2) is 0 Å². The Morgan fingerprint density at radius 1 is 1.02 bits per heavy atom. The fourth-order valence-electron chi connectivity index (χ4n) is 6.93. The second-order valence-electron chi connectivity index (χ2n) is 12.2. The first kappa shape index (κ1) is 27.9. The Hall–Kier alpha value is -2.26. The summed E-state index contributed by atoms with van der Waals surface area (Å²) in [5.74, 6) is 1.47. The van der Waals surface area contributed by atoms with Gasteiger partial charge in [-0.3, -0.25) is 14.6 Å². The number of amides is 1. The van der Waals surface area contributed by atoms with Crippen molar-refractivity contribution in [2.45, 2.75) is 51.1 Å². The topological polar surface area (TPSA) is 56.6 Å². The first-order chi connectivity index (χ1) is 19.5. The molecule has 1 atom stereocenters. The number of hydrogen-bond donors (Lipinski definition) is 1. The first-order valence-corrected chi connectivity index (χ1v) is 15.9. The predicted octanol–water partition coefficient (Wildman–Crippen LogP) is 4.86. The van der Waals surface area contributed by atoms with Crippen molar-refractivity contribution in [2.75, 3.05) is 52.4 Å². The lowest BCUT2D eigenvalue weighted by molar-refractivity contribution is 0.0640. The number of fused-ring (bicyclic) bond motifs is 1. The summed E-state index contributed by atoms with van der Waals surface area (Å²) in [7, 11) is 2.11. The molecule has 3 fully saturated rings. The summed E-state index contributed by atoms with van der Waals surface area (Å²) in [6.07, 6.45) is 6.40. The van der Waals surface area contributed by atoms with E-state index in [0.29, 0.717) is 17.9 Å². The van der Waals surface area contributed by atoms with Crippen molar-refractivity contribution >= 4 is 32.9 Å². The molecule has 3 saturated heterocycles. The quantitative estimate of drug-likeness (QED) is 0.434. The molecule has 3 aromatic rings. The zero-order valence-electron chi connectivity index (χ0n) is 24.0. The molecule has 6 rings (SSSR count). The largest absolute Gasteiger partial charge is 0.339 e. The maximum Gasteiger partial charge on any atom is 0.253 e. The minimum absolute atomic E-state index is 0.200. The number of piperidine rings is 2. The van der Waals surface area contributed by atoms with E-state index in [2.05, 4.69) is 89.8 Å². The summed E-state index contributed by atoms with van der Waals surface area (Å²) in [5, 5.41) is 4.66. The third-order valence-corrected chi connectivity index (χ3v) is 10.3. The second-order valence-corrected chi connectivity index (χ2v) is 13.0. The highest BCUT2D eigenvalue weighted by atomic mass is 79.9.